The van der Waals surface area contributed by atoms with Crippen molar-refractivity contribution in [3.8, 4) is 0 Å². The van der Waals surface area contributed by atoms with Crippen molar-refractivity contribution < 1.29 is 28.7 Å². The molecule has 0 radical (unpaired) electrons. The summed E-state index contributed by atoms with van der Waals surface area (Å²) in [5, 5.41) is 4.30. The summed E-state index contributed by atoms with van der Waals surface area (Å²) in [7, 11) is 0. The van der Waals surface area contributed by atoms with Gasteiger partial charge >= 0.3 is 12.1 Å². The highest BCUT2D eigenvalue weighted by molar-refractivity contribution is 6.05. The van der Waals surface area contributed by atoms with E-state index >= 15 is 0 Å². The molecule has 2 atom stereocenters. The molecule has 1 saturated heterocycles. The lowest BCUT2D eigenvalue weighted by molar-refractivity contribution is -0.155. The number of amides is 3. The molecule has 0 spiro atoms. The van der Waals surface area contributed by atoms with Gasteiger partial charge in [-0.1, -0.05) is 0 Å². The number of esters is 1. The van der Waals surface area contributed by atoms with E-state index < -0.39 is 41.6 Å². The Labute approximate surface area is 116 Å². The third kappa shape index (κ3) is 4.87. The first-order valence-corrected chi connectivity index (χ1v) is 6.12. The molecule has 1 fully saturated rings. The molecule has 112 valence electrons. The van der Waals surface area contributed by atoms with Crippen LogP contribution in [0.2, 0.25) is 0 Å². The van der Waals surface area contributed by atoms with Gasteiger partial charge in [0.2, 0.25) is 5.91 Å². The monoisotopic (exact) mass is 286 g/mol. The first-order chi connectivity index (χ1) is 9.08. The molecule has 0 aromatic carbocycles. The zero-order valence-corrected chi connectivity index (χ0v) is 11.8. The molecule has 20 heavy (non-hydrogen) atoms. The second kappa shape index (κ2) is 5.89. The largest absolute Gasteiger partial charge is 0.450 e. The molecule has 1 aliphatic heterocycles. The van der Waals surface area contributed by atoms with Crippen molar-refractivity contribution in [2.45, 2.75) is 51.9 Å². The first-order valence-electron chi connectivity index (χ1n) is 6.12. The van der Waals surface area contributed by atoms with E-state index in [2.05, 4.69) is 5.32 Å². The van der Waals surface area contributed by atoms with Crippen molar-refractivity contribution in [1.29, 1.82) is 0 Å². The number of alkyl carbamates (subject to hydrolysis) is 1. The van der Waals surface area contributed by atoms with Crippen LogP contribution in [0.25, 0.3) is 0 Å². The minimum absolute atomic E-state index is 0.205. The first kappa shape index (κ1) is 15.9. The SMILES string of the molecule is CC(NC(=O)OC(C)(C)C)C(=O)OC1CC(=O)NC1=O. The fraction of sp³-hybridized carbons (Fsp3) is 0.667. The molecule has 1 rings (SSSR count). The summed E-state index contributed by atoms with van der Waals surface area (Å²) < 4.78 is 9.82. The van der Waals surface area contributed by atoms with E-state index in [0.717, 1.165) is 0 Å². The van der Waals surface area contributed by atoms with Crippen molar-refractivity contribution >= 4 is 23.9 Å². The average molecular weight is 286 g/mol. The number of hydrogen-bond donors (Lipinski definition) is 2. The van der Waals surface area contributed by atoms with Crippen LogP contribution in [0.15, 0.2) is 0 Å². The van der Waals surface area contributed by atoms with Crippen molar-refractivity contribution in [1.82, 2.24) is 10.6 Å². The van der Waals surface area contributed by atoms with E-state index in [1.807, 2.05) is 5.32 Å². The molecular weight excluding hydrogens is 268 g/mol. The molecule has 0 bridgehead atoms. The zero-order chi connectivity index (χ0) is 15.5. The van der Waals surface area contributed by atoms with Crippen molar-refractivity contribution in [2.24, 2.45) is 0 Å². The van der Waals surface area contributed by atoms with Crippen LogP contribution in [0.5, 0.6) is 0 Å². The van der Waals surface area contributed by atoms with Crippen LogP contribution in [0.3, 0.4) is 0 Å². The Balaban J connectivity index is 2.45. The van der Waals surface area contributed by atoms with Gasteiger partial charge in [-0.2, -0.15) is 0 Å². The molecule has 0 aliphatic carbocycles. The van der Waals surface area contributed by atoms with Gasteiger partial charge in [-0.15, -0.1) is 0 Å². The Hall–Kier alpha value is -2.12. The number of ether oxygens (including phenoxy) is 2. The summed E-state index contributed by atoms with van der Waals surface area (Å²) in [5.41, 5.74) is -0.689. The quantitative estimate of drug-likeness (QED) is 0.551. The molecule has 3 amide bonds. The summed E-state index contributed by atoms with van der Waals surface area (Å²) in [4.78, 5) is 45.3. The number of carbonyl (C=O) groups is 4. The maximum atomic E-state index is 11.7. The van der Waals surface area contributed by atoms with E-state index in [0.29, 0.717) is 0 Å². The lowest BCUT2D eigenvalue weighted by Gasteiger charge is -2.21. The predicted molar refractivity (Wildman–Crippen MR) is 66.5 cm³/mol. The normalized spacial score (nSPS) is 20.1. The Kier molecular flexibility index (Phi) is 4.69. The van der Waals surface area contributed by atoms with Crippen molar-refractivity contribution in [2.75, 3.05) is 0 Å². The van der Waals surface area contributed by atoms with Crippen LogP contribution in [0.4, 0.5) is 4.79 Å². The molecule has 1 heterocycles. The number of imide groups is 1. The van der Waals surface area contributed by atoms with Gasteiger partial charge in [0, 0.05) is 0 Å². The Bertz CT molecular complexity index is 440. The van der Waals surface area contributed by atoms with E-state index in [1.54, 1.807) is 20.8 Å². The molecule has 8 heteroatoms. The van der Waals surface area contributed by atoms with Gasteiger partial charge in [-0.25, -0.2) is 9.59 Å². The second-order valence-corrected chi connectivity index (χ2v) is 5.41. The Morgan fingerprint density at radius 3 is 2.40 bits per heavy atom. The highest BCUT2D eigenvalue weighted by Gasteiger charge is 2.35. The lowest BCUT2D eigenvalue weighted by atomic mass is 10.2. The number of rotatable bonds is 3. The maximum Gasteiger partial charge on any atom is 0.408 e. The van der Waals surface area contributed by atoms with Crippen LogP contribution in [-0.4, -0.2) is 41.6 Å². The van der Waals surface area contributed by atoms with Gasteiger partial charge < -0.3 is 14.8 Å². The van der Waals surface area contributed by atoms with Crippen LogP contribution in [-0.2, 0) is 23.9 Å². The predicted octanol–water partition coefficient (Wildman–Crippen LogP) is -0.142. The second-order valence-electron chi connectivity index (χ2n) is 5.41. The fourth-order valence-electron chi connectivity index (χ4n) is 1.41. The van der Waals surface area contributed by atoms with Crippen LogP contribution in [0.1, 0.15) is 34.1 Å². The molecule has 1 aliphatic rings. The number of nitrogens with one attached hydrogen (secondary N) is 2. The topological polar surface area (TPSA) is 111 Å². The van der Waals surface area contributed by atoms with Gasteiger partial charge in [-0.05, 0) is 27.7 Å². The van der Waals surface area contributed by atoms with Crippen molar-refractivity contribution in [3.05, 3.63) is 0 Å². The standard InChI is InChI=1S/C12H18N2O6/c1-6(13-11(18)20-12(2,3)4)10(17)19-7-5-8(15)14-9(7)16/h6-7H,5H2,1-4H3,(H,13,18)(H,14,15,16). The number of hydrogen-bond acceptors (Lipinski definition) is 6. The highest BCUT2D eigenvalue weighted by Crippen LogP contribution is 2.09. The summed E-state index contributed by atoms with van der Waals surface area (Å²) >= 11 is 0. The van der Waals surface area contributed by atoms with Gasteiger partial charge in [0.1, 0.15) is 11.6 Å². The van der Waals surface area contributed by atoms with Gasteiger partial charge in [0.05, 0.1) is 6.42 Å². The number of carbonyl (C=O) groups excluding carboxylic acids is 4. The van der Waals surface area contributed by atoms with Crippen LogP contribution >= 0.6 is 0 Å². The summed E-state index contributed by atoms with van der Waals surface area (Å²) in [6, 6.07) is -0.992. The third-order valence-corrected chi connectivity index (χ3v) is 2.27. The fourth-order valence-corrected chi connectivity index (χ4v) is 1.41. The lowest BCUT2D eigenvalue weighted by Crippen LogP contribution is -2.44. The van der Waals surface area contributed by atoms with Gasteiger partial charge in [-0.3, -0.25) is 14.9 Å². The molecular formula is C12H18N2O6. The molecule has 0 aromatic rings. The molecule has 0 saturated carbocycles. The summed E-state index contributed by atoms with van der Waals surface area (Å²) in [5.74, 6) is -1.97. The minimum Gasteiger partial charge on any atom is -0.450 e. The summed E-state index contributed by atoms with van der Waals surface area (Å²) in [6.45, 7) is 6.44. The third-order valence-electron chi connectivity index (χ3n) is 2.27. The van der Waals surface area contributed by atoms with Crippen LogP contribution in [0, 0.1) is 0 Å². The highest BCUT2D eigenvalue weighted by atomic mass is 16.6. The zero-order valence-electron chi connectivity index (χ0n) is 11.8. The van der Waals surface area contributed by atoms with E-state index in [4.69, 9.17) is 9.47 Å². The summed E-state index contributed by atoms with van der Waals surface area (Å²) in [6.07, 6.45) is -2.12. The maximum absolute atomic E-state index is 11.7. The smallest absolute Gasteiger partial charge is 0.408 e. The average Bonchev–Trinajstić information content (AvgIpc) is 2.54. The molecule has 0 aromatic heterocycles. The van der Waals surface area contributed by atoms with E-state index in [9.17, 15) is 19.2 Å². The minimum atomic E-state index is -1.14. The van der Waals surface area contributed by atoms with E-state index in [1.165, 1.54) is 6.92 Å². The Morgan fingerprint density at radius 2 is 1.95 bits per heavy atom. The molecule has 2 N–H and O–H groups in total. The molecule has 8 nitrogen and oxygen atoms in total. The Morgan fingerprint density at radius 1 is 1.35 bits per heavy atom. The molecule has 2 unspecified atom stereocenters. The van der Waals surface area contributed by atoms with Gasteiger partial charge in [0.25, 0.3) is 5.91 Å². The van der Waals surface area contributed by atoms with Crippen LogP contribution < -0.4 is 10.6 Å². The van der Waals surface area contributed by atoms with Crippen molar-refractivity contribution in [3.63, 3.8) is 0 Å². The van der Waals surface area contributed by atoms with E-state index in [-0.39, 0.29) is 6.42 Å². The van der Waals surface area contributed by atoms with Gasteiger partial charge in [0.15, 0.2) is 6.10 Å².